The molecule has 0 aliphatic rings. The second-order valence-electron chi connectivity index (χ2n) is 6.70. The van der Waals surface area contributed by atoms with Crippen LogP contribution in [0.15, 0.2) is 47.4 Å². The zero-order valence-electron chi connectivity index (χ0n) is 16.0. The van der Waals surface area contributed by atoms with Gasteiger partial charge in [-0.15, -0.1) is 0 Å². The zero-order valence-corrected chi connectivity index (χ0v) is 17.6. The molecule has 9 nitrogen and oxygen atoms in total. The summed E-state index contributed by atoms with van der Waals surface area (Å²) < 4.78 is 47.4. The molecule has 33 heavy (non-hydrogen) atoms. The minimum absolute atomic E-state index is 0.00168. The van der Waals surface area contributed by atoms with Gasteiger partial charge in [0.1, 0.15) is 5.56 Å². The van der Waals surface area contributed by atoms with Crippen LogP contribution in [0.4, 0.5) is 19.1 Å². The first kappa shape index (κ1) is 21.1. The Labute approximate surface area is 192 Å². The van der Waals surface area contributed by atoms with Crippen LogP contribution in [0.1, 0.15) is 5.69 Å². The number of nitrogens with two attached hydrogens (primary N) is 1. The summed E-state index contributed by atoms with van der Waals surface area (Å²) >= 11 is 12.0. The van der Waals surface area contributed by atoms with Crippen molar-refractivity contribution in [3.63, 3.8) is 0 Å². The largest absolute Gasteiger partial charge is 0.433 e. The average Bonchev–Trinajstić information content (AvgIpc) is 3.42. The first-order valence-electron chi connectivity index (χ1n) is 9.04. The van der Waals surface area contributed by atoms with Gasteiger partial charge in [0.2, 0.25) is 11.8 Å². The summed E-state index contributed by atoms with van der Waals surface area (Å²) in [6, 6.07) is 5.27. The lowest BCUT2D eigenvalue weighted by molar-refractivity contribution is -0.142. The predicted molar refractivity (Wildman–Crippen MR) is 112 cm³/mol. The van der Waals surface area contributed by atoms with E-state index in [-0.39, 0.29) is 44.6 Å². The fraction of sp³-hybridized carbons (Fsp3) is 0.0526. The van der Waals surface area contributed by atoms with Crippen LogP contribution in [-0.2, 0) is 6.18 Å². The Morgan fingerprint density at radius 3 is 2.39 bits per heavy atom. The smallest absolute Gasteiger partial charge is 0.368 e. The van der Waals surface area contributed by atoms with Gasteiger partial charge in [0.25, 0.3) is 5.89 Å². The predicted octanol–water partition coefficient (Wildman–Crippen LogP) is 4.81. The molecule has 0 saturated heterocycles. The van der Waals surface area contributed by atoms with Gasteiger partial charge in [0, 0.05) is 18.0 Å². The second kappa shape index (κ2) is 7.67. The molecular formula is C19H9Cl2F3N8O. The number of hydrogen-bond acceptors (Lipinski definition) is 8. The van der Waals surface area contributed by atoms with E-state index in [2.05, 4.69) is 30.2 Å². The van der Waals surface area contributed by atoms with E-state index in [1.807, 2.05) is 0 Å². The van der Waals surface area contributed by atoms with Crippen LogP contribution in [0.3, 0.4) is 0 Å². The number of benzene rings is 1. The number of anilines is 1. The van der Waals surface area contributed by atoms with E-state index in [4.69, 9.17) is 33.5 Å². The molecule has 0 aliphatic heterocycles. The van der Waals surface area contributed by atoms with Gasteiger partial charge in [0.05, 0.1) is 27.5 Å². The maximum atomic E-state index is 13.8. The highest BCUT2D eigenvalue weighted by atomic mass is 35.5. The van der Waals surface area contributed by atoms with Crippen molar-refractivity contribution in [2.45, 2.75) is 6.18 Å². The number of nitrogens with zero attached hydrogens (tertiary/aromatic N) is 7. The number of nitrogen functional groups attached to an aromatic ring is 1. The topological polar surface area (TPSA) is 121 Å². The van der Waals surface area contributed by atoms with Crippen molar-refractivity contribution in [3.8, 4) is 34.1 Å². The Morgan fingerprint density at radius 1 is 0.939 bits per heavy atom. The summed E-state index contributed by atoms with van der Waals surface area (Å²) in [4.78, 5) is 16.3. The molecule has 5 aromatic rings. The average molecular weight is 493 g/mol. The van der Waals surface area contributed by atoms with Crippen LogP contribution in [0, 0.1) is 0 Å². The first-order valence-corrected chi connectivity index (χ1v) is 9.79. The summed E-state index contributed by atoms with van der Waals surface area (Å²) in [5.74, 6) is 0.0774. The Hall–Kier alpha value is -3.77. The molecule has 166 valence electrons. The maximum absolute atomic E-state index is 13.8. The summed E-state index contributed by atoms with van der Waals surface area (Å²) in [5.41, 5.74) is 5.10. The first-order chi connectivity index (χ1) is 15.7. The van der Waals surface area contributed by atoms with Crippen molar-refractivity contribution >= 4 is 34.8 Å². The number of rotatable bonds is 3. The van der Waals surface area contributed by atoms with Crippen molar-refractivity contribution in [1.82, 2.24) is 34.7 Å². The van der Waals surface area contributed by atoms with Gasteiger partial charge >= 0.3 is 6.18 Å². The minimum Gasteiger partial charge on any atom is -0.368 e. The Balaban J connectivity index is 1.68. The number of aromatic nitrogens is 7. The standard InChI is InChI=1S/C19H9Cl2F3N8O/c20-11-2-1-8(3-12(11)21)13-4-14(19(22,23)24)32-16(29-13)10(7-28-32)17-30-15(31-33-17)9-5-26-18(25)27-6-9/h1-7H,(H2,25,26,27). The van der Waals surface area contributed by atoms with Crippen molar-refractivity contribution in [2.24, 2.45) is 0 Å². The van der Waals surface area contributed by atoms with Gasteiger partial charge < -0.3 is 10.3 Å². The summed E-state index contributed by atoms with van der Waals surface area (Å²) in [5, 5.41) is 8.09. The number of hydrogen-bond donors (Lipinski definition) is 1. The number of fused-ring (bicyclic) bond motifs is 1. The normalized spacial score (nSPS) is 11.9. The van der Waals surface area contributed by atoms with E-state index in [1.54, 1.807) is 0 Å². The monoisotopic (exact) mass is 492 g/mol. The third-order valence-corrected chi connectivity index (χ3v) is 5.30. The molecule has 4 heterocycles. The quantitative estimate of drug-likeness (QED) is 0.380. The second-order valence-corrected chi connectivity index (χ2v) is 7.51. The van der Waals surface area contributed by atoms with Crippen molar-refractivity contribution in [3.05, 3.63) is 58.6 Å². The molecule has 0 saturated carbocycles. The summed E-state index contributed by atoms with van der Waals surface area (Å²) in [7, 11) is 0. The highest BCUT2D eigenvalue weighted by Gasteiger charge is 2.36. The molecule has 0 unspecified atom stereocenters. The van der Waals surface area contributed by atoms with Crippen LogP contribution >= 0.6 is 23.2 Å². The van der Waals surface area contributed by atoms with Crippen molar-refractivity contribution in [1.29, 1.82) is 0 Å². The molecule has 0 atom stereocenters. The number of halogens is 5. The highest BCUT2D eigenvalue weighted by molar-refractivity contribution is 6.42. The Morgan fingerprint density at radius 2 is 1.70 bits per heavy atom. The SMILES string of the molecule is Nc1ncc(-c2noc(-c3cnn4c(C(F)(F)F)cc(-c5ccc(Cl)c(Cl)c5)nc34)n2)cn1. The molecule has 4 aromatic heterocycles. The molecule has 14 heteroatoms. The van der Waals surface area contributed by atoms with E-state index in [0.717, 1.165) is 12.3 Å². The van der Waals surface area contributed by atoms with E-state index < -0.39 is 11.9 Å². The van der Waals surface area contributed by atoms with Crippen LogP contribution in [-0.4, -0.2) is 34.7 Å². The Kier molecular flexibility index (Phi) is 4.91. The molecule has 5 rings (SSSR count). The van der Waals surface area contributed by atoms with Gasteiger partial charge in [-0.3, -0.25) is 0 Å². The fourth-order valence-electron chi connectivity index (χ4n) is 3.02. The Bertz CT molecular complexity index is 1500. The molecule has 0 bridgehead atoms. The highest BCUT2D eigenvalue weighted by Crippen LogP contribution is 2.36. The van der Waals surface area contributed by atoms with Crippen molar-refractivity contribution < 1.29 is 17.7 Å². The molecule has 0 aliphatic carbocycles. The van der Waals surface area contributed by atoms with Crippen LogP contribution < -0.4 is 5.73 Å². The fourth-order valence-corrected chi connectivity index (χ4v) is 3.32. The molecule has 0 radical (unpaired) electrons. The van der Waals surface area contributed by atoms with Gasteiger partial charge in [-0.1, -0.05) is 34.4 Å². The molecule has 2 N–H and O–H groups in total. The lowest BCUT2D eigenvalue weighted by atomic mass is 10.1. The zero-order chi connectivity index (χ0) is 23.3. The third kappa shape index (κ3) is 3.83. The lowest BCUT2D eigenvalue weighted by Crippen LogP contribution is -2.13. The van der Waals surface area contributed by atoms with E-state index in [0.29, 0.717) is 15.6 Å². The van der Waals surface area contributed by atoms with Crippen LogP contribution in [0.2, 0.25) is 10.0 Å². The summed E-state index contributed by atoms with van der Waals surface area (Å²) in [6.07, 6.45) is -0.797. The third-order valence-electron chi connectivity index (χ3n) is 4.56. The van der Waals surface area contributed by atoms with Crippen LogP contribution in [0.25, 0.3) is 39.7 Å². The van der Waals surface area contributed by atoms with E-state index in [9.17, 15) is 13.2 Å². The van der Waals surface area contributed by atoms with Gasteiger partial charge in [-0.05, 0) is 18.2 Å². The van der Waals surface area contributed by atoms with E-state index in [1.165, 1.54) is 30.6 Å². The van der Waals surface area contributed by atoms with Crippen molar-refractivity contribution in [2.75, 3.05) is 5.73 Å². The molecule has 0 amide bonds. The van der Waals surface area contributed by atoms with Gasteiger partial charge in [0.15, 0.2) is 11.3 Å². The van der Waals surface area contributed by atoms with E-state index >= 15 is 0 Å². The molecule has 0 fully saturated rings. The number of alkyl halides is 3. The molecule has 1 aromatic carbocycles. The molecular weight excluding hydrogens is 484 g/mol. The van der Waals surface area contributed by atoms with Gasteiger partial charge in [-0.25, -0.2) is 19.5 Å². The van der Waals surface area contributed by atoms with Crippen LogP contribution in [0.5, 0.6) is 0 Å². The lowest BCUT2D eigenvalue weighted by Gasteiger charge is -2.11. The molecule has 0 spiro atoms. The minimum atomic E-state index is -4.73. The maximum Gasteiger partial charge on any atom is 0.433 e. The summed E-state index contributed by atoms with van der Waals surface area (Å²) in [6.45, 7) is 0. The van der Waals surface area contributed by atoms with Gasteiger partial charge in [-0.2, -0.15) is 23.3 Å².